The van der Waals surface area contributed by atoms with Gasteiger partial charge < -0.3 is 15.3 Å². The summed E-state index contributed by atoms with van der Waals surface area (Å²) in [5.74, 6) is 0.642. The second-order valence-corrected chi connectivity index (χ2v) is 6.43. The average Bonchev–Trinajstić information content (AvgIpc) is 2.99. The maximum atomic E-state index is 12.5. The van der Waals surface area contributed by atoms with Crippen LogP contribution in [0.25, 0.3) is 0 Å². The molecule has 2 N–H and O–H groups in total. The number of rotatable bonds is 3. The van der Waals surface area contributed by atoms with Crippen LogP contribution in [0.2, 0.25) is 0 Å². The Morgan fingerprint density at radius 2 is 1.85 bits per heavy atom. The van der Waals surface area contributed by atoms with Crippen molar-refractivity contribution >= 4 is 23.1 Å². The van der Waals surface area contributed by atoms with Gasteiger partial charge in [0.15, 0.2) is 0 Å². The number of aromatic nitrogens is 1. The molecule has 0 saturated heterocycles. The lowest BCUT2D eigenvalue weighted by molar-refractivity contribution is 0.102. The van der Waals surface area contributed by atoms with E-state index in [0.717, 1.165) is 17.9 Å². The highest BCUT2D eigenvalue weighted by Crippen LogP contribution is 2.37. The number of aromatic hydroxyl groups is 1. The standard InChI is InChI=1S/C21H19N3O2/c1-14-13-15-5-2-3-7-19(15)24(14)20-8-4-6-18(23-20)21(26)22-16-9-11-17(25)12-10-16/h2-12,14,25H,13H2,1H3,(H,22,26). The lowest BCUT2D eigenvalue weighted by Gasteiger charge is -2.24. The molecule has 1 unspecified atom stereocenters. The van der Waals surface area contributed by atoms with Gasteiger partial charge in [0, 0.05) is 17.4 Å². The molecule has 2 heterocycles. The van der Waals surface area contributed by atoms with E-state index in [2.05, 4.69) is 34.3 Å². The highest BCUT2D eigenvalue weighted by Gasteiger charge is 2.28. The number of phenolic OH excluding ortho intramolecular Hbond substituents is 1. The van der Waals surface area contributed by atoms with E-state index in [-0.39, 0.29) is 17.7 Å². The fourth-order valence-corrected chi connectivity index (χ4v) is 3.34. The average molecular weight is 345 g/mol. The molecule has 0 fully saturated rings. The number of nitrogens with one attached hydrogen (secondary N) is 1. The van der Waals surface area contributed by atoms with E-state index in [1.165, 1.54) is 17.7 Å². The van der Waals surface area contributed by atoms with Crippen LogP contribution in [0.4, 0.5) is 17.2 Å². The van der Waals surface area contributed by atoms with E-state index in [0.29, 0.717) is 11.4 Å². The number of amides is 1. The van der Waals surface area contributed by atoms with Crippen molar-refractivity contribution in [3.63, 3.8) is 0 Å². The summed E-state index contributed by atoms with van der Waals surface area (Å²) in [6.45, 7) is 2.16. The number of para-hydroxylation sites is 1. The molecule has 130 valence electrons. The number of benzene rings is 2. The summed E-state index contributed by atoms with van der Waals surface area (Å²) in [4.78, 5) is 19.3. The third kappa shape index (κ3) is 2.99. The van der Waals surface area contributed by atoms with Gasteiger partial charge in [-0.05, 0) is 61.4 Å². The van der Waals surface area contributed by atoms with Crippen LogP contribution >= 0.6 is 0 Å². The van der Waals surface area contributed by atoms with Gasteiger partial charge in [-0.1, -0.05) is 24.3 Å². The number of pyridine rings is 1. The first-order chi connectivity index (χ1) is 12.6. The molecule has 0 saturated carbocycles. The quantitative estimate of drug-likeness (QED) is 0.701. The Labute approximate surface area is 151 Å². The van der Waals surface area contributed by atoms with E-state index in [1.807, 2.05) is 24.3 Å². The van der Waals surface area contributed by atoms with Crippen molar-refractivity contribution < 1.29 is 9.90 Å². The van der Waals surface area contributed by atoms with Crippen molar-refractivity contribution in [2.24, 2.45) is 0 Å². The van der Waals surface area contributed by atoms with E-state index in [9.17, 15) is 9.90 Å². The molecule has 2 aromatic carbocycles. The Hall–Kier alpha value is -3.34. The van der Waals surface area contributed by atoms with Crippen LogP contribution in [0.1, 0.15) is 23.0 Å². The minimum atomic E-state index is -0.280. The van der Waals surface area contributed by atoms with Crippen LogP contribution in [0, 0.1) is 0 Å². The van der Waals surface area contributed by atoms with E-state index in [1.54, 1.807) is 18.2 Å². The van der Waals surface area contributed by atoms with Crippen molar-refractivity contribution in [1.82, 2.24) is 4.98 Å². The number of nitrogens with zero attached hydrogens (tertiary/aromatic N) is 2. The molecule has 5 nitrogen and oxygen atoms in total. The second kappa shape index (κ2) is 6.52. The van der Waals surface area contributed by atoms with Gasteiger partial charge in [-0.25, -0.2) is 4.98 Å². The van der Waals surface area contributed by atoms with Crippen molar-refractivity contribution in [2.75, 3.05) is 10.2 Å². The van der Waals surface area contributed by atoms with Crippen LogP contribution in [-0.2, 0) is 6.42 Å². The van der Waals surface area contributed by atoms with E-state index >= 15 is 0 Å². The minimum Gasteiger partial charge on any atom is -0.508 e. The van der Waals surface area contributed by atoms with Gasteiger partial charge in [0.1, 0.15) is 17.3 Å². The van der Waals surface area contributed by atoms with Crippen LogP contribution in [0.3, 0.4) is 0 Å². The molecule has 0 bridgehead atoms. The summed E-state index contributed by atoms with van der Waals surface area (Å²) in [5, 5.41) is 12.1. The number of anilines is 3. The maximum absolute atomic E-state index is 12.5. The number of hydrogen-bond acceptors (Lipinski definition) is 4. The number of hydrogen-bond donors (Lipinski definition) is 2. The van der Waals surface area contributed by atoms with Gasteiger partial charge in [-0.2, -0.15) is 0 Å². The molecular weight excluding hydrogens is 326 g/mol. The van der Waals surface area contributed by atoms with Crippen LogP contribution in [-0.4, -0.2) is 22.0 Å². The number of phenols is 1. The highest BCUT2D eigenvalue weighted by molar-refractivity contribution is 6.03. The van der Waals surface area contributed by atoms with Crippen LogP contribution in [0.15, 0.2) is 66.7 Å². The van der Waals surface area contributed by atoms with Crippen molar-refractivity contribution in [2.45, 2.75) is 19.4 Å². The zero-order valence-electron chi connectivity index (χ0n) is 14.4. The van der Waals surface area contributed by atoms with Crippen LogP contribution in [0.5, 0.6) is 5.75 Å². The first-order valence-electron chi connectivity index (χ1n) is 8.56. The highest BCUT2D eigenvalue weighted by atomic mass is 16.3. The first kappa shape index (κ1) is 16.1. The summed E-state index contributed by atoms with van der Waals surface area (Å²) < 4.78 is 0. The monoisotopic (exact) mass is 345 g/mol. The molecular formula is C21H19N3O2. The van der Waals surface area contributed by atoms with E-state index in [4.69, 9.17) is 0 Å². The molecule has 0 spiro atoms. The first-order valence-corrected chi connectivity index (χ1v) is 8.56. The Balaban J connectivity index is 1.61. The Morgan fingerprint density at radius 3 is 2.65 bits per heavy atom. The second-order valence-electron chi connectivity index (χ2n) is 6.43. The fourth-order valence-electron chi connectivity index (χ4n) is 3.34. The predicted molar refractivity (Wildman–Crippen MR) is 102 cm³/mol. The Kier molecular flexibility index (Phi) is 4.05. The molecule has 0 aliphatic carbocycles. The normalized spacial score (nSPS) is 15.6. The summed E-state index contributed by atoms with van der Waals surface area (Å²) in [5.41, 5.74) is 3.40. The summed E-state index contributed by atoms with van der Waals surface area (Å²) in [6.07, 6.45) is 0.960. The molecule has 1 amide bonds. The van der Waals surface area contributed by atoms with Gasteiger partial charge in [0.05, 0.1) is 0 Å². The maximum Gasteiger partial charge on any atom is 0.274 e. The SMILES string of the molecule is CC1Cc2ccccc2N1c1cccc(C(=O)Nc2ccc(O)cc2)n1. The molecule has 5 heteroatoms. The number of carbonyl (C=O) groups is 1. The van der Waals surface area contributed by atoms with Crippen molar-refractivity contribution in [1.29, 1.82) is 0 Å². The summed E-state index contributed by atoms with van der Waals surface area (Å²) >= 11 is 0. The van der Waals surface area contributed by atoms with E-state index < -0.39 is 0 Å². The lowest BCUT2D eigenvalue weighted by Crippen LogP contribution is -2.25. The van der Waals surface area contributed by atoms with Crippen molar-refractivity contribution in [3.8, 4) is 5.75 Å². The zero-order valence-corrected chi connectivity index (χ0v) is 14.4. The number of fused-ring (bicyclic) bond motifs is 1. The topological polar surface area (TPSA) is 65.5 Å². The Morgan fingerprint density at radius 1 is 1.08 bits per heavy atom. The molecule has 1 aliphatic rings. The smallest absolute Gasteiger partial charge is 0.274 e. The van der Waals surface area contributed by atoms with Crippen molar-refractivity contribution in [3.05, 3.63) is 78.0 Å². The fraction of sp³-hybridized carbons (Fsp3) is 0.143. The number of carbonyl (C=O) groups excluding carboxylic acids is 1. The minimum absolute atomic E-state index is 0.157. The molecule has 1 aromatic heterocycles. The lowest BCUT2D eigenvalue weighted by atomic mass is 10.1. The third-order valence-corrected chi connectivity index (χ3v) is 4.55. The van der Waals surface area contributed by atoms with Gasteiger partial charge in [0.25, 0.3) is 5.91 Å². The van der Waals surface area contributed by atoms with Gasteiger partial charge in [0.2, 0.25) is 0 Å². The van der Waals surface area contributed by atoms with Crippen LogP contribution < -0.4 is 10.2 Å². The third-order valence-electron chi connectivity index (χ3n) is 4.55. The molecule has 4 rings (SSSR count). The van der Waals surface area contributed by atoms with Gasteiger partial charge in [-0.15, -0.1) is 0 Å². The Bertz CT molecular complexity index is 953. The molecule has 3 aromatic rings. The summed E-state index contributed by atoms with van der Waals surface area (Å²) in [6, 6.07) is 20.4. The molecule has 1 atom stereocenters. The summed E-state index contributed by atoms with van der Waals surface area (Å²) in [7, 11) is 0. The largest absolute Gasteiger partial charge is 0.508 e. The molecule has 0 radical (unpaired) electrons. The van der Waals surface area contributed by atoms with Gasteiger partial charge >= 0.3 is 0 Å². The molecule has 26 heavy (non-hydrogen) atoms. The van der Waals surface area contributed by atoms with Gasteiger partial charge in [-0.3, -0.25) is 4.79 Å². The predicted octanol–water partition coefficient (Wildman–Crippen LogP) is 4.12. The zero-order chi connectivity index (χ0) is 18.1. The molecule has 1 aliphatic heterocycles.